The van der Waals surface area contributed by atoms with Crippen LogP contribution < -0.4 is 0 Å². The van der Waals surface area contributed by atoms with Crippen molar-refractivity contribution in [1.29, 1.82) is 0 Å². The maximum Gasteiger partial charge on any atom is 0.369 e. The molecule has 1 fully saturated rings. The summed E-state index contributed by atoms with van der Waals surface area (Å²) in [6, 6.07) is 2.40. The third kappa shape index (κ3) is 1.29. The molecule has 0 saturated carbocycles. The Morgan fingerprint density at radius 3 is 2.19 bits per heavy atom. The van der Waals surface area contributed by atoms with E-state index in [0.29, 0.717) is 0 Å². The SMILES string of the molecule is C=C1OC(c2ccncc2)C(F)(F)C1(F)F. The molecule has 0 amide bonds. The second kappa shape index (κ2) is 3.20. The van der Waals surface area contributed by atoms with Gasteiger partial charge in [-0.1, -0.05) is 6.58 Å². The van der Waals surface area contributed by atoms with Gasteiger partial charge in [0.1, 0.15) is 0 Å². The summed E-state index contributed by atoms with van der Waals surface area (Å²) in [5.74, 6) is -9.86. The molecule has 2 rings (SSSR count). The molecular formula is C10H7F4NO. The Bertz CT molecular complexity index is 418. The van der Waals surface area contributed by atoms with E-state index in [1.807, 2.05) is 0 Å². The van der Waals surface area contributed by atoms with Gasteiger partial charge in [-0.2, -0.15) is 17.6 Å². The molecule has 0 bridgehead atoms. The van der Waals surface area contributed by atoms with Crippen LogP contribution in [0.25, 0.3) is 0 Å². The highest BCUT2D eigenvalue weighted by Gasteiger charge is 2.70. The minimum Gasteiger partial charge on any atom is -0.477 e. The van der Waals surface area contributed by atoms with Crippen LogP contribution in [0.15, 0.2) is 36.9 Å². The number of pyridine rings is 1. The topological polar surface area (TPSA) is 22.1 Å². The van der Waals surface area contributed by atoms with Crippen LogP contribution in [-0.4, -0.2) is 16.8 Å². The van der Waals surface area contributed by atoms with Gasteiger partial charge in [-0.05, 0) is 12.1 Å². The maximum atomic E-state index is 13.4. The third-order valence-electron chi connectivity index (χ3n) is 2.37. The lowest BCUT2D eigenvalue weighted by Gasteiger charge is -2.20. The standard InChI is InChI=1S/C10H7F4NO/c1-6-9(11,12)10(13,14)8(16-6)7-2-4-15-5-3-7/h2-5,8H,1H2. The fourth-order valence-corrected chi connectivity index (χ4v) is 1.46. The number of hydrogen-bond acceptors (Lipinski definition) is 2. The van der Waals surface area contributed by atoms with Crippen molar-refractivity contribution in [2.75, 3.05) is 0 Å². The van der Waals surface area contributed by atoms with Crippen molar-refractivity contribution in [3.05, 3.63) is 42.4 Å². The lowest BCUT2D eigenvalue weighted by molar-refractivity contribution is -0.184. The first-order chi connectivity index (χ1) is 7.37. The molecule has 1 saturated heterocycles. The molecule has 0 N–H and O–H groups in total. The molecule has 0 radical (unpaired) electrons. The molecule has 1 aromatic heterocycles. The molecule has 2 nitrogen and oxygen atoms in total. The van der Waals surface area contributed by atoms with Crippen LogP contribution in [0.5, 0.6) is 0 Å². The Hall–Kier alpha value is -1.59. The average molecular weight is 233 g/mol. The van der Waals surface area contributed by atoms with Crippen LogP contribution in [0.2, 0.25) is 0 Å². The summed E-state index contributed by atoms with van der Waals surface area (Å²) in [7, 11) is 0. The molecule has 1 aliphatic rings. The molecule has 0 aromatic carbocycles. The molecule has 16 heavy (non-hydrogen) atoms. The Morgan fingerprint density at radius 1 is 1.19 bits per heavy atom. The van der Waals surface area contributed by atoms with E-state index in [9.17, 15) is 17.6 Å². The van der Waals surface area contributed by atoms with Crippen molar-refractivity contribution in [1.82, 2.24) is 4.98 Å². The summed E-state index contributed by atoms with van der Waals surface area (Å²) >= 11 is 0. The van der Waals surface area contributed by atoms with Gasteiger partial charge in [0.15, 0.2) is 11.9 Å². The number of hydrogen-bond donors (Lipinski definition) is 0. The quantitative estimate of drug-likeness (QED) is 0.696. The van der Waals surface area contributed by atoms with Crippen LogP contribution in [0.3, 0.4) is 0 Å². The monoisotopic (exact) mass is 233 g/mol. The predicted molar refractivity (Wildman–Crippen MR) is 47.1 cm³/mol. The van der Waals surface area contributed by atoms with Gasteiger partial charge >= 0.3 is 11.8 Å². The first-order valence-corrected chi connectivity index (χ1v) is 4.39. The minimum atomic E-state index is -4.35. The van der Waals surface area contributed by atoms with Gasteiger partial charge in [0.2, 0.25) is 0 Å². The fourth-order valence-electron chi connectivity index (χ4n) is 1.46. The first kappa shape index (κ1) is 10.9. The van der Waals surface area contributed by atoms with Gasteiger partial charge in [0, 0.05) is 18.0 Å². The van der Waals surface area contributed by atoms with E-state index in [1.165, 1.54) is 24.5 Å². The van der Waals surface area contributed by atoms with E-state index in [-0.39, 0.29) is 5.56 Å². The number of alkyl halides is 4. The zero-order valence-corrected chi connectivity index (χ0v) is 7.96. The Morgan fingerprint density at radius 2 is 1.75 bits per heavy atom. The van der Waals surface area contributed by atoms with Crippen LogP contribution in [0.1, 0.15) is 11.7 Å². The summed E-state index contributed by atoms with van der Waals surface area (Å²) in [5.41, 5.74) is -0.0571. The molecule has 1 aromatic rings. The molecule has 2 heterocycles. The fraction of sp³-hybridized carbons (Fsp3) is 0.300. The average Bonchev–Trinajstić information content (AvgIpc) is 2.40. The van der Waals surface area contributed by atoms with Crippen molar-refractivity contribution < 1.29 is 22.3 Å². The predicted octanol–water partition coefficient (Wildman–Crippen LogP) is 2.94. The van der Waals surface area contributed by atoms with Gasteiger partial charge in [0.25, 0.3) is 0 Å². The van der Waals surface area contributed by atoms with Crippen LogP contribution in [-0.2, 0) is 4.74 Å². The number of rotatable bonds is 1. The van der Waals surface area contributed by atoms with Crippen LogP contribution >= 0.6 is 0 Å². The summed E-state index contributed by atoms with van der Waals surface area (Å²) in [4.78, 5) is 3.61. The van der Waals surface area contributed by atoms with Gasteiger partial charge in [-0.3, -0.25) is 4.98 Å². The number of halogens is 4. The lowest BCUT2D eigenvalue weighted by Crippen LogP contribution is -2.39. The van der Waals surface area contributed by atoms with Crippen molar-refractivity contribution in [2.45, 2.75) is 17.9 Å². The number of allylic oxidation sites excluding steroid dienone is 1. The van der Waals surface area contributed by atoms with Gasteiger partial charge in [-0.25, -0.2) is 0 Å². The van der Waals surface area contributed by atoms with Gasteiger partial charge < -0.3 is 4.74 Å². The van der Waals surface area contributed by atoms with Crippen molar-refractivity contribution in [3.8, 4) is 0 Å². The highest BCUT2D eigenvalue weighted by molar-refractivity contribution is 5.26. The van der Waals surface area contributed by atoms with Crippen molar-refractivity contribution >= 4 is 0 Å². The van der Waals surface area contributed by atoms with E-state index in [2.05, 4.69) is 16.3 Å². The second-order valence-electron chi connectivity index (χ2n) is 3.40. The van der Waals surface area contributed by atoms with Crippen LogP contribution in [0, 0.1) is 0 Å². The zero-order chi connectivity index (χ0) is 12.0. The first-order valence-electron chi connectivity index (χ1n) is 4.39. The van der Waals surface area contributed by atoms with Crippen molar-refractivity contribution in [2.24, 2.45) is 0 Å². The molecular weight excluding hydrogens is 226 g/mol. The molecule has 0 aliphatic carbocycles. The normalized spacial score (nSPS) is 26.5. The van der Waals surface area contributed by atoms with E-state index in [0.717, 1.165) is 0 Å². The number of aromatic nitrogens is 1. The minimum absolute atomic E-state index is 0.0571. The molecule has 1 unspecified atom stereocenters. The van der Waals surface area contributed by atoms with E-state index in [1.54, 1.807) is 0 Å². The summed E-state index contributed by atoms with van der Waals surface area (Å²) in [6.45, 7) is 2.81. The van der Waals surface area contributed by atoms with Gasteiger partial charge in [-0.15, -0.1) is 0 Å². The smallest absolute Gasteiger partial charge is 0.369 e. The molecule has 6 heteroatoms. The molecule has 86 valence electrons. The van der Waals surface area contributed by atoms with Crippen LogP contribution in [0.4, 0.5) is 17.6 Å². The Labute approximate surface area is 88.6 Å². The Balaban J connectivity index is 2.43. The van der Waals surface area contributed by atoms with Gasteiger partial charge in [0.05, 0.1) is 0 Å². The Kier molecular flexibility index (Phi) is 2.18. The summed E-state index contributed by atoms with van der Waals surface area (Å²) in [5, 5.41) is 0. The maximum absolute atomic E-state index is 13.4. The van der Waals surface area contributed by atoms with E-state index in [4.69, 9.17) is 0 Å². The lowest BCUT2D eigenvalue weighted by atomic mass is 10.0. The highest BCUT2D eigenvalue weighted by atomic mass is 19.3. The number of nitrogens with zero attached hydrogens (tertiary/aromatic N) is 1. The zero-order valence-electron chi connectivity index (χ0n) is 7.96. The number of ether oxygens (including phenoxy) is 1. The van der Waals surface area contributed by atoms with E-state index >= 15 is 0 Å². The highest BCUT2D eigenvalue weighted by Crippen LogP contribution is 2.55. The largest absolute Gasteiger partial charge is 0.477 e. The van der Waals surface area contributed by atoms with Crippen molar-refractivity contribution in [3.63, 3.8) is 0 Å². The second-order valence-corrected chi connectivity index (χ2v) is 3.40. The third-order valence-corrected chi connectivity index (χ3v) is 2.37. The molecule has 0 spiro atoms. The molecule has 1 aliphatic heterocycles. The summed E-state index contributed by atoms with van der Waals surface area (Å²) < 4.78 is 57.3. The summed E-state index contributed by atoms with van der Waals surface area (Å²) in [6.07, 6.45) is 0.445. The molecule has 1 atom stereocenters. The van der Waals surface area contributed by atoms with E-state index < -0.39 is 23.7 Å².